The summed E-state index contributed by atoms with van der Waals surface area (Å²) >= 11 is 0. The van der Waals surface area contributed by atoms with E-state index in [-0.39, 0.29) is 6.42 Å². The van der Waals surface area contributed by atoms with Crippen molar-refractivity contribution < 1.29 is 14.3 Å². The first-order valence-electron chi connectivity index (χ1n) is 6.29. The minimum absolute atomic E-state index is 0.180. The van der Waals surface area contributed by atoms with Crippen LogP contribution in [0.3, 0.4) is 0 Å². The lowest BCUT2D eigenvalue weighted by atomic mass is 10.1. The van der Waals surface area contributed by atoms with Crippen LogP contribution < -0.4 is 5.32 Å². The molecular weight excluding hydrogens is 274 g/mol. The number of carbonyl (C=O) groups excluding carboxylic acids is 2. The molecule has 1 atom stereocenters. The lowest BCUT2D eigenvalue weighted by molar-refractivity contribution is -0.120. The van der Waals surface area contributed by atoms with Gasteiger partial charge in [0.05, 0.1) is 0 Å². The molecular formula is C13H17N5O3. The van der Waals surface area contributed by atoms with Crippen molar-refractivity contribution in [2.24, 2.45) is 5.11 Å². The Bertz CT molecular complexity index is 547. The number of azide groups is 1. The summed E-state index contributed by atoms with van der Waals surface area (Å²) in [6, 6.07) is 2.42. The Morgan fingerprint density at radius 3 is 2.57 bits per heavy atom. The molecule has 0 aromatic carbocycles. The number of amides is 2. The summed E-state index contributed by atoms with van der Waals surface area (Å²) in [5.41, 5.74) is 8.44. The van der Waals surface area contributed by atoms with Crippen LogP contribution in [0.2, 0.25) is 0 Å². The molecule has 1 rings (SSSR count). The molecule has 0 aliphatic carbocycles. The van der Waals surface area contributed by atoms with Gasteiger partial charge in [-0.2, -0.15) is 0 Å². The summed E-state index contributed by atoms with van der Waals surface area (Å²) < 4.78 is 5.08. The second kappa shape index (κ2) is 7.25. The van der Waals surface area contributed by atoms with E-state index in [2.05, 4.69) is 20.3 Å². The normalized spacial score (nSPS) is 12.0. The number of ether oxygens (including phenoxy) is 1. The highest BCUT2D eigenvalue weighted by atomic mass is 16.6. The molecule has 0 saturated carbocycles. The van der Waals surface area contributed by atoms with E-state index < -0.39 is 23.6 Å². The second-order valence-electron chi connectivity index (χ2n) is 5.29. The fraction of sp³-hybridized carbons (Fsp3) is 0.462. The Hall–Kier alpha value is -2.60. The number of alkyl carbamates (subject to hydrolysis) is 1. The third-order valence-electron chi connectivity index (χ3n) is 2.32. The second-order valence-corrected chi connectivity index (χ2v) is 5.29. The van der Waals surface area contributed by atoms with E-state index in [1.165, 1.54) is 0 Å². The van der Waals surface area contributed by atoms with E-state index >= 15 is 0 Å². The van der Waals surface area contributed by atoms with Gasteiger partial charge in [-0.1, -0.05) is 0 Å². The van der Waals surface area contributed by atoms with Gasteiger partial charge in [-0.25, -0.2) is 4.79 Å². The molecule has 1 heterocycles. The first-order valence-corrected chi connectivity index (χ1v) is 6.29. The van der Waals surface area contributed by atoms with Crippen LogP contribution in [-0.2, 0) is 16.0 Å². The molecule has 21 heavy (non-hydrogen) atoms. The summed E-state index contributed by atoms with van der Waals surface area (Å²) in [5.74, 6) is -0.778. The first kappa shape index (κ1) is 16.5. The van der Waals surface area contributed by atoms with Gasteiger partial charge >= 0.3 is 6.09 Å². The number of pyridine rings is 1. The number of hydrogen-bond acceptors (Lipinski definition) is 4. The van der Waals surface area contributed by atoms with Crippen molar-refractivity contribution in [2.75, 3.05) is 0 Å². The summed E-state index contributed by atoms with van der Waals surface area (Å²) in [5, 5.41) is 5.44. The Morgan fingerprint density at radius 1 is 1.43 bits per heavy atom. The van der Waals surface area contributed by atoms with Gasteiger partial charge in [0.15, 0.2) is 0 Å². The number of carbonyl (C=O) groups is 2. The monoisotopic (exact) mass is 291 g/mol. The maximum absolute atomic E-state index is 11.7. The van der Waals surface area contributed by atoms with Crippen molar-refractivity contribution >= 4 is 12.0 Å². The van der Waals surface area contributed by atoms with Crippen LogP contribution in [0.5, 0.6) is 0 Å². The smallest absolute Gasteiger partial charge is 0.408 e. The van der Waals surface area contributed by atoms with Crippen molar-refractivity contribution in [3.05, 3.63) is 40.5 Å². The van der Waals surface area contributed by atoms with Crippen LogP contribution in [0.25, 0.3) is 10.4 Å². The van der Waals surface area contributed by atoms with Gasteiger partial charge in [0.1, 0.15) is 11.6 Å². The zero-order valence-corrected chi connectivity index (χ0v) is 12.1. The Balaban J connectivity index is 2.80. The number of hydrogen-bond donors (Lipinski definition) is 1. The van der Waals surface area contributed by atoms with E-state index in [1.54, 1.807) is 45.3 Å². The lowest BCUT2D eigenvalue weighted by Crippen LogP contribution is -2.44. The summed E-state index contributed by atoms with van der Waals surface area (Å²) in [4.78, 5) is 29.8. The van der Waals surface area contributed by atoms with Gasteiger partial charge in [0.25, 0.3) is 0 Å². The standard InChI is InChI=1S/C13H17N5O3/c1-13(2,3)21-12(20)16-10(11(19)17-18-14)8-9-4-6-15-7-5-9/h4-7,10H,8H2,1-3H3,(H,16,20)/t10-/m0/s1. The van der Waals surface area contributed by atoms with Crippen LogP contribution in [0.15, 0.2) is 29.6 Å². The first-order chi connectivity index (χ1) is 9.81. The predicted molar refractivity (Wildman–Crippen MR) is 75.3 cm³/mol. The molecule has 0 bridgehead atoms. The molecule has 0 spiro atoms. The minimum atomic E-state index is -0.988. The molecule has 0 aliphatic heterocycles. The zero-order valence-electron chi connectivity index (χ0n) is 12.1. The highest BCUT2D eigenvalue weighted by Gasteiger charge is 2.23. The van der Waals surface area contributed by atoms with Crippen LogP contribution >= 0.6 is 0 Å². The molecule has 1 aromatic heterocycles. The van der Waals surface area contributed by atoms with E-state index in [0.717, 1.165) is 5.56 Å². The maximum atomic E-state index is 11.7. The molecule has 2 amide bonds. The Morgan fingerprint density at radius 2 is 2.05 bits per heavy atom. The van der Waals surface area contributed by atoms with E-state index in [1.807, 2.05) is 0 Å². The minimum Gasteiger partial charge on any atom is -0.444 e. The molecule has 0 saturated heterocycles. The summed E-state index contributed by atoms with van der Waals surface area (Å²) in [7, 11) is 0. The quantitative estimate of drug-likeness (QED) is 0.520. The average molecular weight is 291 g/mol. The van der Waals surface area contributed by atoms with Crippen LogP contribution in [0.4, 0.5) is 4.79 Å². The number of rotatable bonds is 4. The summed E-state index contributed by atoms with van der Waals surface area (Å²) in [6.07, 6.45) is 2.57. The molecule has 0 aliphatic rings. The van der Waals surface area contributed by atoms with Crippen LogP contribution in [-0.4, -0.2) is 28.6 Å². The van der Waals surface area contributed by atoms with E-state index in [0.29, 0.717) is 0 Å². The van der Waals surface area contributed by atoms with Gasteiger partial charge in [0.2, 0.25) is 5.91 Å². The molecule has 8 nitrogen and oxygen atoms in total. The number of nitrogens with zero attached hydrogens (tertiary/aromatic N) is 4. The maximum Gasteiger partial charge on any atom is 0.408 e. The van der Waals surface area contributed by atoms with Crippen molar-refractivity contribution in [1.29, 1.82) is 0 Å². The SMILES string of the molecule is CC(C)(C)OC(=O)N[C@@H](Cc1ccncc1)C(=O)N=[N+]=[N-]. The molecule has 8 heteroatoms. The molecule has 1 N–H and O–H groups in total. The third-order valence-corrected chi connectivity index (χ3v) is 2.32. The topological polar surface area (TPSA) is 117 Å². The fourth-order valence-electron chi connectivity index (χ4n) is 1.52. The van der Waals surface area contributed by atoms with Crippen LogP contribution in [0, 0.1) is 0 Å². The van der Waals surface area contributed by atoms with E-state index in [9.17, 15) is 9.59 Å². The van der Waals surface area contributed by atoms with Gasteiger partial charge in [-0.3, -0.25) is 9.78 Å². The number of nitrogens with one attached hydrogen (secondary N) is 1. The van der Waals surface area contributed by atoms with Gasteiger partial charge < -0.3 is 10.1 Å². The van der Waals surface area contributed by atoms with Crippen molar-refractivity contribution in [1.82, 2.24) is 10.3 Å². The Kier molecular flexibility index (Phi) is 5.68. The van der Waals surface area contributed by atoms with Gasteiger partial charge in [0, 0.05) is 23.7 Å². The molecule has 1 aromatic rings. The predicted octanol–water partition coefficient (Wildman–Crippen LogP) is 2.35. The highest BCUT2D eigenvalue weighted by Crippen LogP contribution is 2.09. The van der Waals surface area contributed by atoms with Gasteiger partial charge in [-0.15, -0.1) is 0 Å². The van der Waals surface area contributed by atoms with Gasteiger partial charge in [-0.05, 0) is 49.1 Å². The van der Waals surface area contributed by atoms with Crippen LogP contribution in [0.1, 0.15) is 26.3 Å². The Labute approximate surface area is 122 Å². The van der Waals surface area contributed by atoms with Crippen molar-refractivity contribution in [3.63, 3.8) is 0 Å². The number of aromatic nitrogens is 1. The van der Waals surface area contributed by atoms with Crippen molar-refractivity contribution in [2.45, 2.75) is 38.8 Å². The van der Waals surface area contributed by atoms with E-state index in [4.69, 9.17) is 10.3 Å². The zero-order chi connectivity index (χ0) is 15.9. The fourth-order valence-corrected chi connectivity index (χ4v) is 1.52. The van der Waals surface area contributed by atoms with Crippen molar-refractivity contribution in [3.8, 4) is 0 Å². The average Bonchev–Trinajstić information content (AvgIpc) is 2.37. The molecule has 0 radical (unpaired) electrons. The molecule has 112 valence electrons. The summed E-state index contributed by atoms with van der Waals surface area (Å²) in [6.45, 7) is 5.12. The highest BCUT2D eigenvalue weighted by molar-refractivity contribution is 5.86. The molecule has 0 unspecified atom stereocenters. The third kappa shape index (κ3) is 6.40. The lowest BCUT2D eigenvalue weighted by Gasteiger charge is -2.22. The molecule has 0 fully saturated rings. The largest absolute Gasteiger partial charge is 0.444 e.